The first-order chi connectivity index (χ1) is 5.50. The van der Waals surface area contributed by atoms with Gasteiger partial charge < -0.3 is 0 Å². The van der Waals surface area contributed by atoms with E-state index >= 15 is 0 Å². The molecule has 0 amide bonds. The van der Waals surface area contributed by atoms with Crippen LogP contribution in [0, 0.1) is 17.9 Å². The van der Waals surface area contributed by atoms with Crippen LogP contribution in [0.2, 0.25) is 6.04 Å². The van der Waals surface area contributed by atoms with Gasteiger partial charge in [-0.1, -0.05) is 19.4 Å². The third-order valence-electron chi connectivity index (χ3n) is 0.526. The molecular weight excluding hydrogens is 176 g/mol. The summed E-state index contributed by atoms with van der Waals surface area (Å²) in [6.07, 6.45) is 0. The zero-order valence-corrected chi connectivity index (χ0v) is 10.9. The van der Waals surface area contributed by atoms with Gasteiger partial charge in [0.15, 0.2) is 0 Å². The van der Waals surface area contributed by atoms with Crippen molar-refractivity contribution in [1.29, 1.82) is 0 Å². The Morgan fingerprint density at radius 1 is 1.42 bits per heavy atom. The van der Waals surface area contributed by atoms with Crippen LogP contribution in [-0.2, 0) is 0 Å². The predicted octanol–water partition coefficient (Wildman–Crippen LogP) is 2.41. The lowest BCUT2D eigenvalue weighted by Gasteiger charge is -1.90. The van der Waals surface area contributed by atoms with Gasteiger partial charge in [0.2, 0.25) is 0 Å². The molecule has 0 unspecified atom stereocenters. The van der Waals surface area contributed by atoms with E-state index in [0.29, 0.717) is 8.96 Å². The van der Waals surface area contributed by atoms with Crippen molar-refractivity contribution in [3.63, 3.8) is 0 Å². The van der Waals surface area contributed by atoms with Crippen molar-refractivity contribution in [3.05, 3.63) is 12.2 Å². The third-order valence-corrected chi connectivity index (χ3v) is 1.58. The molecule has 0 saturated heterocycles. The van der Waals surface area contributed by atoms with Gasteiger partial charge >= 0.3 is 0 Å². The number of rotatable bonds is 1. The van der Waals surface area contributed by atoms with Gasteiger partial charge in [-0.25, -0.2) is 0 Å². The molecule has 0 heterocycles. The Bertz CT molecular complexity index is 145. The molecule has 0 atom stereocenters. The van der Waals surface area contributed by atoms with Crippen LogP contribution < -0.4 is 0 Å². The summed E-state index contributed by atoms with van der Waals surface area (Å²) in [6.45, 7) is 11.9. The van der Waals surface area contributed by atoms with Crippen LogP contribution in [0.3, 0.4) is 0 Å². The molecule has 0 bridgehead atoms. The molecule has 0 spiro atoms. The predicted molar refractivity (Wildman–Crippen MR) is 62.9 cm³/mol. The summed E-state index contributed by atoms with van der Waals surface area (Å²) in [5.74, 6) is 0.785. The van der Waals surface area contributed by atoms with Crippen LogP contribution in [0.4, 0.5) is 0 Å². The van der Waals surface area contributed by atoms with Crippen LogP contribution in [0.5, 0.6) is 0 Å². The maximum Gasteiger partial charge on any atom is -0.0119 e. The number of allylic oxidation sites excluding steroid dienone is 1. The number of hydrogen-bond acceptors (Lipinski definition) is 0. The van der Waals surface area contributed by atoms with Gasteiger partial charge in [0.25, 0.3) is 0 Å². The zero-order valence-electron chi connectivity index (χ0n) is 8.72. The van der Waals surface area contributed by atoms with Gasteiger partial charge in [0.05, 0.1) is 0 Å². The van der Waals surface area contributed by atoms with E-state index in [1.807, 2.05) is 23.5 Å². The topological polar surface area (TPSA) is 0 Å². The maximum absolute atomic E-state index is 5.26. The van der Waals surface area contributed by atoms with Crippen LogP contribution in [-0.4, -0.2) is 18.6 Å². The highest BCUT2D eigenvalue weighted by Crippen LogP contribution is 1.93. The van der Waals surface area contributed by atoms with Crippen molar-refractivity contribution >= 4 is 18.6 Å². The summed E-state index contributed by atoms with van der Waals surface area (Å²) in [5, 5.41) is 0. The fraction of sp³-hybridized carbons (Fsp3) is 0.600. The molecule has 0 rings (SSSR count). The van der Waals surface area contributed by atoms with Gasteiger partial charge in [-0.2, -0.15) is 12.0 Å². The summed E-state index contributed by atoms with van der Waals surface area (Å²) in [7, 11) is 2.55. The molecule has 0 N–H and O–H groups in total. The van der Waals surface area contributed by atoms with Gasteiger partial charge in [-0.15, -0.1) is 6.58 Å². The standard InChI is InChI=1S/C5H10Si.C4H8.CH2Si/c1-5(2)4-6-3;1-4(2)3;1-2/h3,5H,4H2,1-2H3;1H2,2-3H3;1-2H. The largest absolute Gasteiger partial charge is 0.161 e. The quantitative estimate of drug-likeness (QED) is 0.446. The Morgan fingerprint density at radius 3 is 1.67 bits per heavy atom. The van der Waals surface area contributed by atoms with Crippen molar-refractivity contribution < 1.29 is 0 Å². The molecular formula is C10H20Si2. The molecule has 0 aliphatic heterocycles. The number of hydrogen-bond donors (Lipinski definition) is 0. The van der Waals surface area contributed by atoms with E-state index in [1.54, 1.807) is 0 Å². The van der Waals surface area contributed by atoms with Gasteiger partial charge in [-0.3, -0.25) is 0 Å². The highest BCUT2D eigenvalue weighted by molar-refractivity contribution is 6.21. The Kier molecular flexibility index (Phi) is 25.1. The molecule has 0 aromatic rings. The van der Waals surface area contributed by atoms with Crippen molar-refractivity contribution in [3.8, 4) is 12.0 Å². The van der Waals surface area contributed by atoms with E-state index < -0.39 is 0 Å². The molecule has 0 aromatic heterocycles. The van der Waals surface area contributed by atoms with Crippen LogP contribution in [0.1, 0.15) is 27.7 Å². The first-order valence-corrected chi connectivity index (χ1v) is 5.84. The molecule has 0 saturated carbocycles. The molecule has 0 nitrogen and oxygen atoms in total. The van der Waals surface area contributed by atoms with E-state index in [9.17, 15) is 0 Å². The molecule has 0 fully saturated rings. The summed E-state index contributed by atoms with van der Waals surface area (Å²) in [5.41, 5.74) is 1.17. The van der Waals surface area contributed by atoms with E-state index in [1.165, 1.54) is 11.6 Å². The van der Waals surface area contributed by atoms with Crippen LogP contribution in [0.25, 0.3) is 0 Å². The first-order valence-electron chi connectivity index (χ1n) is 3.89. The molecule has 0 aliphatic carbocycles. The average Bonchev–Trinajstić information content (AvgIpc) is 1.90. The second-order valence-corrected chi connectivity index (χ2v) is 3.83. The van der Waals surface area contributed by atoms with Crippen molar-refractivity contribution in [2.45, 2.75) is 33.7 Å². The van der Waals surface area contributed by atoms with Gasteiger partial charge in [0, 0.05) is 0 Å². The Morgan fingerprint density at radius 2 is 1.67 bits per heavy atom. The maximum atomic E-state index is 5.26. The molecule has 68 valence electrons. The van der Waals surface area contributed by atoms with E-state index in [4.69, 9.17) is 6.00 Å². The molecule has 0 radical (unpaired) electrons. The van der Waals surface area contributed by atoms with Crippen LogP contribution in [0.15, 0.2) is 12.2 Å². The van der Waals surface area contributed by atoms with Gasteiger partial charge in [-0.05, 0) is 44.5 Å². The van der Waals surface area contributed by atoms with Crippen LogP contribution >= 0.6 is 0 Å². The SMILES string of the molecule is C#[SiH].C#[Si]CC(C)C.C=C(C)C. The minimum Gasteiger partial charge on any atom is -0.161 e. The smallest absolute Gasteiger partial charge is 0.0119 e. The minimum atomic E-state index is 0.638. The lowest BCUT2D eigenvalue weighted by Crippen LogP contribution is -1.82. The monoisotopic (exact) mass is 196 g/mol. The van der Waals surface area contributed by atoms with Crippen molar-refractivity contribution in [1.82, 2.24) is 0 Å². The lowest BCUT2D eigenvalue weighted by molar-refractivity contribution is 0.734. The minimum absolute atomic E-state index is 0.638. The summed E-state index contributed by atoms with van der Waals surface area (Å²) in [6, 6.07) is 10.9. The summed E-state index contributed by atoms with van der Waals surface area (Å²) >= 11 is 0. The third kappa shape index (κ3) is 99.3. The molecule has 2 heteroatoms. The van der Waals surface area contributed by atoms with E-state index in [0.717, 1.165) is 5.92 Å². The second-order valence-electron chi connectivity index (χ2n) is 3.01. The van der Waals surface area contributed by atoms with Crippen molar-refractivity contribution in [2.24, 2.45) is 5.92 Å². The fourth-order valence-corrected chi connectivity index (χ4v) is 0.707. The molecule has 0 aliphatic rings. The van der Waals surface area contributed by atoms with E-state index in [-0.39, 0.29) is 0 Å². The summed E-state index contributed by atoms with van der Waals surface area (Å²) < 4.78 is 0. The molecule has 0 aromatic carbocycles. The van der Waals surface area contributed by atoms with Crippen molar-refractivity contribution in [2.75, 3.05) is 0 Å². The first kappa shape index (κ1) is 17.7. The summed E-state index contributed by atoms with van der Waals surface area (Å²) in [4.78, 5) is 0. The Balaban J connectivity index is -0.000000118. The Hall–Kier alpha value is -0.266. The van der Waals surface area contributed by atoms with E-state index in [2.05, 4.69) is 26.4 Å². The highest BCUT2D eigenvalue weighted by atomic mass is 28.2. The zero-order chi connectivity index (χ0) is 10.6. The lowest BCUT2D eigenvalue weighted by atomic mass is 10.3. The average molecular weight is 196 g/mol. The van der Waals surface area contributed by atoms with Gasteiger partial charge in [0.1, 0.15) is 0 Å². The molecule has 12 heavy (non-hydrogen) atoms. The fourth-order valence-electron chi connectivity index (χ4n) is 0.236. The Labute approximate surface area is 82.9 Å². The normalized spacial score (nSPS) is 6.50. The second kappa shape index (κ2) is 17.0. The highest BCUT2D eigenvalue weighted by Gasteiger charge is 1.83.